The normalized spacial score (nSPS) is 12.4. The number of amides is 1. The second kappa shape index (κ2) is 8.63. The van der Waals surface area contributed by atoms with Crippen LogP contribution in [0.1, 0.15) is 39.3 Å². The Labute approximate surface area is 186 Å². The number of aryl methyl sites for hydroxylation is 1. The van der Waals surface area contributed by atoms with Crippen molar-refractivity contribution >= 4 is 11.7 Å². The van der Waals surface area contributed by atoms with Gasteiger partial charge in [0.1, 0.15) is 6.61 Å². The molecule has 0 saturated heterocycles. The Hall–Kier alpha value is -4.00. The van der Waals surface area contributed by atoms with Crippen LogP contribution in [-0.2, 0) is 19.4 Å². The molecule has 7 heteroatoms. The number of benzene rings is 1. The molecule has 0 bridgehead atoms. The van der Waals surface area contributed by atoms with E-state index < -0.39 is 0 Å². The molecule has 1 aromatic carbocycles. The lowest BCUT2D eigenvalue weighted by molar-refractivity contribution is 0.102. The monoisotopic (exact) mass is 425 g/mol. The summed E-state index contributed by atoms with van der Waals surface area (Å²) in [4.78, 5) is 21.6. The molecule has 7 nitrogen and oxygen atoms in total. The lowest BCUT2D eigenvalue weighted by Crippen LogP contribution is -2.16. The highest BCUT2D eigenvalue weighted by atomic mass is 16.5. The highest BCUT2D eigenvalue weighted by Crippen LogP contribution is 2.30. The molecule has 3 heterocycles. The molecular weight excluding hydrogens is 402 g/mol. The van der Waals surface area contributed by atoms with Crippen LogP contribution in [0.2, 0.25) is 0 Å². The molecule has 32 heavy (non-hydrogen) atoms. The average Bonchev–Trinajstić information content (AvgIpc) is 3.43. The van der Waals surface area contributed by atoms with Gasteiger partial charge in [-0.15, -0.1) is 0 Å². The van der Waals surface area contributed by atoms with Crippen molar-refractivity contribution in [1.82, 2.24) is 19.7 Å². The Kier molecular flexibility index (Phi) is 5.37. The summed E-state index contributed by atoms with van der Waals surface area (Å²) in [5.41, 5.74) is 5.68. The van der Waals surface area contributed by atoms with Gasteiger partial charge in [0.15, 0.2) is 17.3 Å². The van der Waals surface area contributed by atoms with Gasteiger partial charge in [0.2, 0.25) is 0 Å². The van der Waals surface area contributed by atoms with Crippen molar-refractivity contribution in [3.8, 4) is 11.4 Å². The van der Waals surface area contributed by atoms with Crippen molar-refractivity contribution in [3.05, 3.63) is 95.2 Å². The molecule has 0 unspecified atom stereocenters. The van der Waals surface area contributed by atoms with Crippen LogP contribution in [0.3, 0.4) is 0 Å². The van der Waals surface area contributed by atoms with E-state index in [-0.39, 0.29) is 5.91 Å². The molecule has 0 saturated carbocycles. The zero-order valence-electron chi connectivity index (χ0n) is 17.8. The molecule has 1 amide bonds. The molecule has 0 spiro atoms. The summed E-state index contributed by atoms with van der Waals surface area (Å²) in [5.74, 6) is 0.610. The van der Waals surface area contributed by atoms with E-state index in [9.17, 15) is 4.79 Å². The van der Waals surface area contributed by atoms with Gasteiger partial charge in [-0.25, -0.2) is 9.67 Å². The predicted molar refractivity (Wildman–Crippen MR) is 121 cm³/mol. The van der Waals surface area contributed by atoms with Gasteiger partial charge in [-0.1, -0.05) is 18.2 Å². The molecule has 0 aliphatic heterocycles. The van der Waals surface area contributed by atoms with E-state index in [1.54, 1.807) is 30.7 Å². The van der Waals surface area contributed by atoms with Crippen molar-refractivity contribution in [2.45, 2.75) is 32.8 Å². The van der Waals surface area contributed by atoms with Gasteiger partial charge in [0.25, 0.3) is 5.91 Å². The zero-order valence-corrected chi connectivity index (χ0v) is 17.8. The Morgan fingerprint density at radius 2 is 1.91 bits per heavy atom. The third-order valence-electron chi connectivity index (χ3n) is 5.64. The van der Waals surface area contributed by atoms with Crippen molar-refractivity contribution in [1.29, 1.82) is 0 Å². The van der Waals surface area contributed by atoms with E-state index in [2.05, 4.69) is 28.3 Å². The van der Waals surface area contributed by atoms with E-state index in [1.165, 1.54) is 0 Å². The van der Waals surface area contributed by atoms with Crippen molar-refractivity contribution in [2.75, 3.05) is 5.32 Å². The maximum absolute atomic E-state index is 13.2. The molecule has 1 aliphatic rings. The summed E-state index contributed by atoms with van der Waals surface area (Å²) in [6.45, 7) is 2.41. The first-order chi connectivity index (χ1) is 15.7. The number of rotatable bonds is 6. The van der Waals surface area contributed by atoms with Gasteiger partial charge in [0, 0.05) is 29.8 Å². The van der Waals surface area contributed by atoms with Gasteiger partial charge in [0.05, 0.1) is 5.69 Å². The smallest absolute Gasteiger partial charge is 0.277 e. The highest BCUT2D eigenvalue weighted by molar-refractivity contribution is 6.04. The molecule has 4 aromatic rings. The maximum Gasteiger partial charge on any atom is 0.277 e. The number of hydrogen-bond donors (Lipinski definition) is 1. The number of nitrogens with one attached hydrogen (secondary N) is 1. The van der Waals surface area contributed by atoms with E-state index in [0.717, 1.165) is 47.3 Å². The number of nitrogens with zero attached hydrogens (tertiary/aromatic N) is 4. The van der Waals surface area contributed by atoms with Crippen LogP contribution in [0.4, 0.5) is 5.82 Å². The predicted octanol–water partition coefficient (Wildman–Crippen LogP) is 4.29. The number of ether oxygens (including phenoxy) is 1. The summed E-state index contributed by atoms with van der Waals surface area (Å²) in [5, 5.41) is 7.62. The van der Waals surface area contributed by atoms with Gasteiger partial charge in [-0.2, -0.15) is 5.10 Å². The summed E-state index contributed by atoms with van der Waals surface area (Å²) in [6, 6.07) is 15.4. The van der Waals surface area contributed by atoms with Crippen molar-refractivity contribution in [2.24, 2.45) is 0 Å². The first kappa shape index (κ1) is 19.9. The maximum atomic E-state index is 13.2. The molecule has 0 atom stereocenters. The van der Waals surface area contributed by atoms with Gasteiger partial charge in [-0.3, -0.25) is 9.78 Å². The average molecular weight is 425 g/mol. The SMILES string of the molecule is Cc1ccccc1-n1nc(C(=O)Nc2ncccc2OCc2ccncc2)c2c1CCC2. The third-order valence-corrected chi connectivity index (χ3v) is 5.64. The molecule has 1 N–H and O–H groups in total. The number of fused-ring (bicyclic) bond motifs is 1. The largest absolute Gasteiger partial charge is 0.485 e. The lowest BCUT2D eigenvalue weighted by Gasteiger charge is -2.11. The third kappa shape index (κ3) is 3.85. The summed E-state index contributed by atoms with van der Waals surface area (Å²) >= 11 is 0. The minimum atomic E-state index is -0.275. The van der Waals surface area contributed by atoms with Crippen LogP contribution in [0.5, 0.6) is 5.75 Å². The number of para-hydroxylation sites is 1. The zero-order chi connectivity index (χ0) is 21.9. The fourth-order valence-electron chi connectivity index (χ4n) is 4.03. The lowest BCUT2D eigenvalue weighted by atomic mass is 10.2. The number of carbonyl (C=O) groups is 1. The molecular formula is C25H23N5O2. The summed E-state index contributed by atoms with van der Waals surface area (Å²) in [6.07, 6.45) is 7.84. The van der Waals surface area contributed by atoms with Gasteiger partial charge < -0.3 is 10.1 Å². The first-order valence-electron chi connectivity index (χ1n) is 10.7. The van der Waals surface area contributed by atoms with E-state index in [1.807, 2.05) is 35.0 Å². The second-order valence-electron chi connectivity index (χ2n) is 7.77. The fraction of sp³-hybridized carbons (Fsp3) is 0.200. The highest BCUT2D eigenvalue weighted by Gasteiger charge is 2.28. The summed E-state index contributed by atoms with van der Waals surface area (Å²) in [7, 11) is 0. The van der Waals surface area contributed by atoms with Gasteiger partial charge in [-0.05, 0) is 67.6 Å². The number of carbonyl (C=O) groups excluding carboxylic acids is 1. The van der Waals surface area contributed by atoms with Crippen LogP contribution in [0, 0.1) is 6.92 Å². The van der Waals surface area contributed by atoms with E-state index in [4.69, 9.17) is 9.84 Å². The Morgan fingerprint density at radius 3 is 2.75 bits per heavy atom. The molecule has 0 fully saturated rings. The minimum Gasteiger partial charge on any atom is -0.485 e. The quantitative estimate of drug-likeness (QED) is 0.498. The van der Waals surface area contributed by atoms with E-state index in [0.29, 0.717) is 23.9 Å². The topological polar surface area (TPSA) is 81.9 Å². The molecule has 160 valence electrons. The Balaban J connectivity index is 1.41. The number of anilines is 1. The number of aromatic nitrogens is 4. The molecule has 1 aliphatic carbocycles. The van der Waals surface area contributed by atoms with E-state index >= 15 is 0 Å². The molecule has 5 rings (SSSR count). The minimum absolute atomic E-state index is 0.275. The standard InChI is InChI=1S/C25H23N5O2/c1-17-6-2-3-8-20(17)30-21-9-4-7-19(21)23(29-30)25(31)28-24-22(10-5-13-27-24)32-16-18-11-14-26-15-12-18/h2-3,5-6,8,10-15H,4,7,9,16H2,1H3,(H,27,28,31). The number of pyridine rings is 2. The first-order valence-corrected chi connectivity index (χ1v) is 10.7. The number of hydrogen-bond acceptors (Lipinski definition) is 5. The van der Waals surface area contributed by atoms with Crippen LogP contribution in [-0.4, -0.2) is 25.7 Å². The summed E-state index contributed by atoms with van der Waals surface area (Å²) < 4.78 is 7.83. The second-order valence-corrected chi connectivity index (χ2v) is 7.77. The Morgan fingerprint density at radius 1 is 1.06 bits per heavy atom. The van der Waals surface area contributed by atoms with Crippen LogP contribution in [0.25, 0.3) is 5.69 Å². The Bertz CT molecular complexity index is 1270. The van der Waals surface area contributed by atoms with Crippen molar-refractivity contribution in [3.63, 3.8) is 0 Å². The van der Waals surface area contributed by atoms with Crippen LogP contribution >= 0.6 is 0 Å². The van der Waals surface area contributed by atoms with Crippen LogP contribution < -0.4 is 10.1 Å². The van der Waals surface area contributed by atoms with Crippen molar-refractivity contribution < 1.29 is 9.53 Å². The van der Waals surface area contributed by atoms with Crippen LogP contribution in [0.15, 0.2) is 67.1 Å². The van der Waals surface area contributed by atoms with Gasteiger partial charge >= 0.3 is 0 Å². The molecule has 3 aromatic heterocycles. The fourth-order valence-corrected chi connectivity index (χ4v) is 4.03. The molecule has 0 radical (unpaired) electrons.